The van der Waals surface area contributed by atoms with Gasteiger partial charge in [-0.25, -0.2) is 4.79 Å². The summed E-state index contributed by atoms with van der Waals surface area (Å²) in [5.41, 5.74) is 5.71. The minimum Gasteiger partial charge on any atom is -0.481 e. The number of hydrogen-bond donors (Lipinski definition) is 3. The number of fused-ring (bicyclic) bond motifs is 1. The van der Waals surface area contributed by atoms with Gasteiger partial charge >= 0.3 is 12.0 Å². The molecule has 8 nitrogen and oxygen atoms in total. The summed E-state index contributed by atoms with van der Waals surface area (Å²) in [6, 6.07) is -0.878. The first-order chi connectivity index (χ1) is 8.99. The topological polar surface area (TPSA) is 116 Å². The maximum absolute atomic E-state index is 12.1. The summed E-state index contributed by atoms with van der Waals surface area (Å²) in [6.07, 6.45) is 0.0204. The third-order valence-electron chi connectivity index (χ3n) is 3.53. The molecule has 0 aliphatic carbocycles. The fraction of sp³-hybridized carbons (Fsp3) is 0.727. The number of hydrogen-bond acceptors (Lipinski definition) is 4. The van der Waals surface area contributed by atoms with Gasteiger partial charge < -0.3 is 26.0 Å². The Morgan fingerprint density at radius 1 is 1.47 bits per heavy atom. The van der Waals surface area contributed by atoms with E-state index in [4.69, 9.17) is 10.8 Å². The van der Waals surface area contributed by atoms with Crippen LogP contribution in [0.5, 0.6) is 0 Å². The number of nitrogens with two attached hydrogens (primary N) is 1. The molecule has 2 unspecified atom stereocenters. The Morgan fingerprint density at radius 2 is 2.21 bits per heavy atom. The number of piperazine rings is 1. The Labute approximate surface area is 110 Å². The van der Waals surface area contributed by atoms with Gasteiger partial charge in [0.05, 0.1) is 12.1 Å². The van der Waals surface area contributed by atoms with Gasteiger partial charge in [0, 0.05) is 32.6 Å². The molecule has 4 N–H and O–H groups in total. The largest absolute Gasteiger partial charge is 0.481 e. The van der Waals surface area contributed by atoms with Crippen molar-refractivity contribution in [1.82, 2.24) is 15.1 Å². The van der Waals surface area contributed by atoms with E-state index in [2.05, 4.69) is 5.32 Å². The quantitative estimate of drug-likeness (QED) is 0.570. The van der Waals surface area contributed by atoms with E-state index >= 15 is 0 Å². The van der Waals surface area contributed by atoms with Crippen LogP contribution in [-0.2, 0) is 9.59 Å². The zero-order valence-corrected chi connectivity index (χ0v) is 10.5. The number of carbonyl (C=O) groups is 3. The standard InChI is InChI=1S/C11H18N4O4/c12-8(1-2-9(16)17)10(18)14-3-4-15-7(6-14)5-13-11(15)19/h7-8H,1-6,12H2,(H,13,19)(H,16,17). The summed E-state index contributed by atoms with van der Waals surface area (Å²) in [5, 5.41) is 11.3. The Morgan fingerprint density at radius 3 is 2.89 bits per heavy atom. The van der Waals surface area contributed by atoms with Gasteiger partial charge in [0.1, 0.15) is 0 Å². The second-order valence-corrected chi connectivity index (χ2v) is 4.86. The lowest BCUT2D eigenvalue weighted by Crippen LogP contribution is -2.56. The molecule has 106 valence electrons. The number of carboxylic acids is 1. The lowest BCUT2D eigenvalue weighted by Gasteiger charge is -2.37. The Kier molecular flexibility index (Phi) is 3.89. The first-order valence-electron chi connectivity index (χ1n) is 6.29. The molecule has 2 rings (SSSR count). The van der Waals surface area contributed by atoms with Crippen LogP contribution in [0.1, 0.15) is 12.8 Å². The van der Waals surface area contributed by atoms with Gasteiger partial charge in [-0.1, -0.05) is 0 Å². The van der Waals surface area contributed by atoms with Crippen molar-refractivity contribution in [3.8, 4) is 0 Å². The fourth-order valence-corrected chi connectivity index (χ4v) is 2.44. The summed E-state index contributed by atoms with van der Waals surface area (Å²) >= 11 is 0. The zero-order valence-electron chi connectivity index (χ0n) is 10.5. The average Bonchev–Trinajstić information content (AvgIpc) is 2.76. The number of nitrogens with zero attached hydrogens (tertiary/aromatic N) is 2. The smallest absolute Gasteiger partial charge is 0.317 e. The molecule has 2 aliphatic rings. The van der Waals surface area contributed by atoms with E-state index in [-0.39, 0.29) is 30.8 Å². The second kappa shape index (κ2) is 5.43. The van der Waals surface area contributed by atoms with E-state index in [1.165, 1.54) is 0 Å². The zero-order chi connectivity index (χ0) is 14.0. The number of urea groups is 1. The average molecular weight is 270 g/mol. The van der Waals surface area contributed by atoms with Crippen molar-refractivity contribution in [1.29, 1.82) is 0 Å². The van der Waals surface area contributed by atoms with Gasteiger partial charge in [0.25, 0.3) is 0 Å². The van der Waals surface area contributed by atoms with E-state index in [0.717, 1.165) is 0 Å². The van der Waals surface area contributed by atoms with Crippen LogP contribution in [0.25, 0.3) is 0 Å². The molecule has 19 heavy (non-hydrogen) atoms. The van der Waals surface area contributed by atoms with Gasteiger partial charge in [-0.05, 0) is 6.42 Å². The Balaban J connectivity index is 1.87. The minimum atomic E-state index is -0.960. The van der Waals surface area contributed by atoms with Crippen LogP contribution >= 0.6 is 0 Å². The number of nitrogens with one attached hydrogen (secondary N) is 1. The lowest BCUT2D eigenvalue weighted by atomic mass is 10.1. The van der Waals surface area contributed by atoms with E-state index in [9.17, 15) is 14.4 Å². The molecule has 2 atom stereocenters. The Bertz CT molecular complexity index is 400. The molecule has 8 heteroatoms. The SMILES string of the molecule is NC(CCC(=O)O)C(=O)N1CCN2C(=O)NCC2C1. The van der Waals surface area contributed by atoms with Crippen LogP contribution in [0, 0.1) is 0 Å². The molecule has 2 heterocycles. The maximum Gasteiger partial charge on any atom is 0.317 e. The summed E-state index contributed by atoms with van der Waals surface area (Å²) in [7, 11) is 0. The highest BCUT2D eigenvalue weighted by Gasteiger charge is 2.37. The molecule has 0 aromatic rings. The highest BCUT2D eigenvalue weighted by molar-refractivity contribution is 5.83. The van der Waals surface area contributed by atoms with Gasteiger partial charge in [-0.3, -0.25) is 9.59 Å². The molecule has 0 spiro atoms. The van der Waals surface area contributed by atoms with Gasteiger partial charge in [0.15, 0.2) is 0 Å². The van der Waals surface area contributed by atoms with Crippen LogP contribution < -0.4 is 11.1 Å². The Hall–Kier alpha value is -1.83. The molecular weight excluding hydrogens is 252 g/mol. The fourth-order valence-electron chi connectivity index (χ4n) is 2.44. The van der Waals surface area contributed by atoms with Crippen LogP contribution in [0.4, 0.5) is 4.79 Å². The third-order valence-corrected chi connectivity index (χ3v) is 3.53. The number of rotatable bonds is 4. The van der Waals surface area contributed by atoms with Crippen LogP contribution in [0.3, 0.4) is 0 Å². The van der Waals surface area contributed by atoms with E-state index < -0.39 is 12.0 Å². The van der Waals surface area contributed by atoms with Crippen LogP contribution in [0.15, 0.2) is 0 Å². The monoisotopic (exact) mass is 270 g/mol. The molecule has 0 bridgehead atoms. The maximum atomic E-state index is 12.1. The summed E-state index contributed by atoms with van der Waals surface area (Å²) in [6.45, 7) is 1.93. The second-order valence-electron chi connectivity index (χ2n) is 4.86. The molecule has 3 amide bonds. The van der Waals surface area contributed by atoms with E-state index in [1.54, 1.807) is 9.80 Å². The third kappa shape index (κ3) is 2.95. The first-order valence-corrected chi connectivity index (χ1v) is 6.29. The van der Waals surface area contributed by atoms with Crippen molar-refractivity contribution in [2.24, 2.45) is 5.73 Å². The van der Waals surface area contributed by atoms with Crippen molar-refractivity contribution in [2.45, 2.75) is 24.9 Å². The number of amides is 3. The van der Waals surface area contributed by atoms with Gasteiger partial charge in [0.2, 0.25) is 5.91 Å². The predicted molar refractivity (Wildman–Crippen MR) is 65.3 cm³/mol. The van der Waals surface area contributed by atoms with Gasteiger partial charge in [-0.2, -0.15) is 0 Å². The number of carbonyl (C=O) groups excluding carboxylic acids is 2. The minimum absolute atomic E-state index is 0.00289. The highest BCUT2D eigenvalue weighted by Crippen LogP contribution is 2.15. The molecule has 0 aromatic carbocycles. The summed E-state index contributed by atoms with van der Waals surface area (Å²) in [4.78, 5) is 37.3. The molecule has 0 radical (unpaired) electrons. The highest BCUT2D eigenvalue weighted by atomic mass is 16.4. The molecule has 0 aromatic heterocycles. The number of carboxylic acid groups (broad SMARTS) is 1. The van der Waals surface area contributed by atoms with Crippen molar-refractivity contribution in [2.75, 3.05) is 26.2 Å². The molecular formula is C11H18N4O4. The van der Waals surface area contributed by atoms with Crippen molar-refractivity contribution in [3.63, 3.8) is 0 Å². The van der Waals surface area contributed by atoms with E-state index in [0.29, 0.717) is 26.2 Å². The molecule has 0 saturated carbocycles. The van der Waals surface area contributed by atoms with Crippen LogP contribution in [0.2, 0.25) is 0 Å². The molecule has 2 fully saturated rings. The molecule has 2 aliphatic heterocycles. The summed E-state index contributed by atoms with van der Waals surface area (Å²) in [5.74, 6) is -1.20. The number of aliphatic carboxylic acids is 1. The van der Waals surface area contributed by atoms with Crippen molar-refractivity contribution >= 4 is 17.9 Å². The lowest BCUT2D eigenvalue weighted by molar-refractivity contribution is -0.138. The van der Waals surface area contributed by atoms with Gasteiger partial charge in [-0.15, -0.1) is 0 Å². The van der Waals surface area contributed by atoms with Crippen molar-refractivity contribution < 1.29 is 19.5 Å². The van der Waals surface area contributed by atoms with E-state index in [1.807, 2.05) is 0 Å². The normalized spacial score (nSPS) is 23.8. The van der Waals surface area contributed by atoms with Crippen molar-refractivity contribution in [3.05, 3.63) is 0 Å². The molecule has 2 saturated heterocycles. The van der Waals surface area contributed by atoms with Crippen LogP contribution in [-0.4, -0.2) is 71.1 Å². The predicted octanol–water partition coefficient (Wildman–Crippen LogP) is -1.59. The summed E-state index contributed by atoms with van der Waals surface area (Å²) < 4.78 is 0. The first kappa shape index (κ1) is 13.6.